The van der Waals surface area contributed by atoms with Gasteiger partial charge in [0.25, 0.3) is 5.56 Å². The summed E-state index contributed by atoms with van der Waals surface area (Å²) in [6.45, 7) is 0. The fourth-order valence-corrected chi connectivity index (χ4v) is 1.26. The molecule has 1 N–H and O–H groups in total. The second-order valence-corrected chi connectivity index (χ2v) is 3.11. The molecular weight excluding hydrogens is 228 g/mol. The first-order valence-corrected chi connectivity index (χ1v) is 4.62. The number of carbonyl (C=O) groups is 1. The number of aromatic nitrogens is 2. The van der Waals surface area contributed by atoms with E-state index in [9.17, 15) is 14.4 Å². The molecule has 7 nitrogen and oxygen atoms in total. The highest BCUT2D eigenvalue weighted by atomic mass is 16.5. The number of hydrogen-bond acceptors (Lipinski definition) is 5. The van der Waals surface area contributed by atoms with Crippen molar-refractivity contribution in [3.8, 4) is 5.88 Å². The predicted molar refractivity (Wildman–Crippen MR) is 56.3 cm³/mol. The largest absolute Gasteiger partial charge is 0.463 e. The number of rotatable bonds is 2. The summed E-state index contributed by atoms with van der Waals surface area (Å²) in [5.74, 6) is -0.555. The topological polar surface area (TPSA) is 94.3 Å². The van der Waals surface area contributed by atoms with Crippen LogP contribution in [0.5, 0.6) is 0 Å². The average Bonchev–Trinajstić information content (AvgIpc) is 2.77. The lowest BCUT2D eigenvalue weighted by Gasteiger charge is -1.98. The van der Waals surface area contributed by atoms with Crippen molar-refractivity contribution in [1.82, 2.24) is 9.55 Å². The van der Waals surface area contributed by atoms with Gasteiger partial charge in [0.05, 0.1) is 7.11 Å². The van der Waals surface area contributed by atoms with Crippen molar-refractivity contribution >= 4 is 5.97 Å². The van der Waals surface area contributed by atoms with Crippen LogP contribution in [-0.2, 0) is 4.74 Å². The zero-order chi connectivity index (χ0) is 12.4. The molecule has 0 amide bonds. The maximum Gasteiger partial charge on any atom is 0.374 e. The third-order valence-corrected chi connectivity index (χ3v) is 2.04. The van der Waals surface area contributed by atoms with E-state index >= 15 is 0 Å². The summed E-state index contributed by atoms with van der Waals surface area (Å²) >= 11 is 0. The first-order valence-electron chi connectivity index (χ1n) is 4.62. The molecule has 0 saturated heterocycles. The maximum absolute atomic E-state index is 11.4. The Hall–Kier alpha value is -2.57. The molecule has 0 saturated carbocycles. The highest BCUT2D eigenvalue weighted by molar-refractivity contribution is 5.86. The summed E-state index contributed by atoms with van der Waals surface area (Å²) < 4.78 is 10.6. The first-order chi connectivity index (χ1) is 8.11. The van der Waals surface area contributed by atoms with Crippen molar-refractivity contribution in [2.45, 2.75) is 0 Å². The molecule has 17 heavy (non-hydrogen) atoms. The fraction of sp³-hybridized carbons (Fsp3) is 0.100. The quantitative estimate of drug-likeness (QED) is 0.735. The van der Waals surface area contributed by atoms with Gasteiger partial charge in [0.2, 0.25) is 11.6 Å². The van der Waals surface area contributed by atoms with E-state index in [0.29, 0.717) is 0 Å². The van der Waals surface area contributed by atoms with Gasteiger partial charge in [-0.05, 0) is 6.07 Å². The Bertz CT molecular complexity index is 664. The van der Waals surface area contributed by atoms with Crippen LogP contribution in [0, 0.1) is 0 Å². The second-order valence-electron chi connectivity index (χ2n) is 3.11. The van der Waals surface area contributed by atoms with Gasteiger partial charge in [-0.25, -0.2) is 14.2 Å². The van der Waals surface area contributed by atoms with Crippen LogP contribution >= 0.6 is 0 Å². The number of H-pyrrole nitrogens is 1. The Morgan fingerprint density at radius 1 is 1.35 bits per heavy atom. The van der Waals surface area contributed by atoms with Gasteiger partial charge in [-0.15, -0.1) is 0 Å². The summed E-state index contributed by atoms with van der Waals surface area (Å²) in [6, 6.07) is 3.96. The van der Waals surface area contributed by atoms with Gasteiger partial charge in [0, 0.05) is 18.3 Å². The lowest BCUT2D eigenvalue weighted by molar-refractivity contribution is 0.0565. The number of esters is 1. The molecule has 0 fully saturated rings. The van der Waals surface area contributed by atoms with Crippen LogP contribution in [0.4, 0.5) is 0 Å². The molecule has 0 radical (unpaired) electrons. The molecule has 0 aliphatic rings. The molecule has 0 spiro atoms. The van der Waals surface area contributed by atoms with Gasteiger partial charge in [-0.2, -0.15) is 0 Å². The average molecular weight is 236 g/mol. The number of nitrogens with zero attached hydrogens (tertiary/aromatic N) is 1. The van der Waals surface area contributed by atoms with E-state index < -0.39 is 17.2 Å². The van der Waals surface area contributed by atoms with E-state index in [4.69, 9.17) is 4.42 Å². The van der Waals surface area contributed by atoms with Crippen molar-refractivity contribution in [1.29, 1.82) is 0 Å². The molecule has 2 aromatic heterocycles. The third-order valence-electron chi connectivity index (χ3n) is 2.04. The number of hydrogen-bond donors (Lipinski definition) is 1. The molecule has 0 aliphatic carbocycles. The van der Waals surface area contributed by atoms with Gasteiger partial charge < -0.3 is 9.15 Å². The summed E-state index contributed by atoms with van der Waals surface area (Å²) in [7, 11) is 1.22. The number of ether oxygens (including phenoxy) is 1. The molecule has 2 heterocycles. The molecule has 0 bridgehead atoms. The summed E-state index contributed by atoms with van der Waals surface area (Å²) in [6.07, 6.45) is 1.25. The van der Waals surface area contributed by atoms with Crippen LogP contribution < -0.4 is 11.2 Å². The zero-order valence-corrected chi connectivity index (χ0v) is 8.80. The molecule has 7 heteroatoms. The van der Waals surface area contributed by atoms with E-state index in [1.807, 2.05) is 0 Å². The molecule has 0 aromatic carbocycles. The van der Waals surface area contributed by atoms with Crippen LogP contribution in [0.1, 0.15) is 10.6 Å². The summed E-state index contributed by atoms with van der Waals surface area (Å²) in [5.41, 5.74) is -1.16. The fourth-order valence-electron chi connectivity index (χ4n) is 1.26. The lowest BCUT2D eigenvalue weighted by Crippen LogP contribution is -2.27. The van der Waals surface area contributed by atoms with Gasteiger partial charge in [0.1, 0.15) is 0 Å². The maximum atomic E-state index is 11.4. The van der Waals surface area contributed by atoms with Gasteiger partial charge >= 0.3 is 11.7 Å². The van der Waals surface area contributed by atoms with Crippen molar-refractivity contribution in [2.75, 3.05) is 7.11 Å². The molecule has 0 unspecified atom stereocenters. The van der Waals surface area contributed by atoms with E-state index in [-0.39, 0.29) is 11.6 Å². The smallest absolute Gasteiger partial charge is 0.374 e. The monoisotopic (exact) mass is 236 g/mol. The SMILES string of the molecule is COC(=O)c1ccc(-n2ccc(=O)[nH]c2=O)o1. The van der Waals surface area contributed by atoms with Crippen molar-refractivity contribution in [3.05, 3.63) is 51.0 Å². The highest BCUT2D eigenvalue weighted by Crippen LogP contribution is 2.11. The Kier molecular flexibility index (Phi) is 2.65. The minimum absolute atomic E-state index is 0.0272. The number of nitrogens with one attached hydrogen (secondary N) is 1. The van der Waals surface area contributed by atoms with E-state index in [1.54, 1.807) is 0 Å². The lowest BCUT2D eigenvalue weighted by atomic mass is 10.4. The van der Waals surface area contributed by atoms with Crippen LogP contribution in [0.3, 0.4) is 0 Å². The highest BCUT2D eigenvalue weighted by Gasteiger charge is 2.12. The van der Waals surface area contributed by atoms with Gasteiger partial charge in [-0.3, -0.25) is 9.78 Å². The standard InChI is InChI=1S/C10H8N2O5/c1-16-9(14)6-2-3-8(17-6)12-5-4-7(13)11-10(12)15/h2-5H,1H3,(H,11,13,15). The van der Waals surface area contributed by atoms with E-state index in [1.165, 1.54) is 31.5 Å². The number of methoxy groups -OCH3 is 1. The minimum atomic E-state index is -0.650. The Labute approximate surface area is 94.3 Å². The zero-order valence-electron chi connectivity index (χ0n) is 8.80. The van der Waals surface area contributed by atoms with Crippen LogP contribution in [0.2, 0.25) is 0 Å². The Balaban J connectivity index is 2.47. The molecule has 2 aromatic rings. The van der Waals surface area contributed by atoms with Crippen LogP contribution in [0.25, 0.3) is 5.88 Å². The summed E-state index contributed by atoms with van der Waals surface area (Å²) in [4.78, 5) is 35.5. The Morgan fingerprint density at radius 3 is 2.76 bits per heavy atom. The summed E-state index contributed by atoms with van der Waals surface area (Å²) in [5, 5.41) is 0. The molecule has 0 aliphatic heterocycles. The van der Waals surface area contributed by atoms with Crippen molar-refractivity contribution < 1.29 is 13.9 Å². The second kappa shape index (κ2) is 4.12. The Morgan fingerprint density at radius 2 is 2.12 bits per heavy atom. The number of aromatic amines is 1. The molecule has 0 atom stereocenters. The van der Waals surface area contributed by atoms with Gasteiger partial charge in [-0.1, -0.05) is 0 Å². The first kappa shape index (κ1) is 10.9. The minimum Gasteiger partial charge on any atom is -0.463 e. The third kappa shape index (κ3) is 2.03. The normalized spacial score (nSPS) is 10.2. The number of carbonyl (C=O) groups excluding carboxylic acids is 1. The van der Waals surface area contributed by atoms with Crippen molar-refractivity contribution in [3.63, 3.8) is 0 Å². The van der Waals surface area contributed by atoms with Gasteiger partial charge in [0.15, 0.2) is 0 Å². The number of furan rings is 1. The predicted octanol–water partition coefficient (Wildman–Crippen LogP) is -0.0946. The molecule has 88 valence electrons. The van der Waals surface area contributed by atoms with Crippen LogP contribution in [-0.4, -0.2) is 22.6 Å². The molecule has 2 rings (SSSR count). The van der Waals surface area contributed by atoms with Crippen LogP contribution in [0.15, 0.2) is 38.4 Å². The molecular formula is C10H8N2O5. The van der Waals surface area contributed by atoms with E-state index in [2.05, 4.69) is 9.72 Å². The van der Waals surface area contributed by atoms with Crippen molar-refractivity contribution in [2.24, 2.45) is 0 Å². The van der Waals surface area contributed by atoms with E-state index in [0.717, 1.165) is 4.57 Å².